The molecular formula is C24H21ClN4O3S. The quantitative estimate of drug-likeness (QED) is 0.521. The fourth-order valence-electron chi connectivity index (χ4n) is 3.43. The smallest absolute Gasteiger partial charge is 0.293 e. The zero-order valence-electron chi connectivity index (χ0n) is 18.0. The van der Waals surface area contributed by atoms with E-state index >= 15 is 0 Å². The summed E-state index contributed by atoms with van der Waals surface area (Å²) in [6.07, 6.45) is 1.66. The lowest BCUT2D eigenvalue weighted by atomic mass is 10.2. The largest absolute Gasteiger partial charge is 0.350 e. The predicted molar refractivity (Wildman–Crippen MR) is 130 cm³/mol. The number of nitrogens with one attached hydrogen (secondary N) is 1. The van der Waals surface area contributed by atoms with Crippen LogP contribution in [0, 0.1) is 13.8 Å². The van der Waals surface area contributed by atoms with E-state index in [2.05, 4.69) is 10.4 Å². The molecule has 1 fully saturated rings. The number of aromatic nitrogens is 2. The van der Waals surface area contributed by atoms with Gasteiger partial charge in [-0.25, -0.2) is 4.68 Å². The maximum Gasteiger partial charge on any atom is 0.293 e. The van der Waals surface area contributed by atoms with Crippen molar-refractivity contribution in [1.82, 2.24) is 20.0 Å². The summed E-state index contributed by atoms with van der Waals surface area (Å²) in [6, 6.07) is 16.1. The molecule has 0 radical (unpaired) electrons. The van der Waals surface area contributed by atoms with Gasteiger partial charge in [-0.1, -0.05) is 23.7 Å². The maximum atomic E-state index is 12.6. The molecule has 1 aliphatic heterocycles. The van der Waals surface area contributed by atoms with E-state index in [4.69, 9.17) is 11.6 Å². The third-order valence-electron chi connectivity index (χ3n) is 5.05. The summed E-state index contributed by atoms with van der Waals surface area (Å²) in [4.78, 5) is 38.8. The lowest BCUT2D eigenvalue weighted by molar-refractivity contribution is -0.122. The van der Waals surface area contributed by atoms with Crippen molar-refractivity contribution in [3.05, 3.63) is 87.0 Å². The Morgan fingerprint density at radius 1 is 1.09 bits per heavy atom. The predicted octanol–water partition coefficient (Wildman–Crippen LogP) is 4.61. The number of carbonyl (C=O) groups excluding carboxylic acids is 3. The lowest BCUT2D eigenvalue weighted by Crippen LogP contribution is -2.37. The molecule has 0 atom stereocenters. The van der Waals surface area contributed by atoms with Crippen LogP contribution < -0.4 is 5.32 Å². The molecule has 0 spiro atoms. The van der Waals surface area contributed by atoms with Gasteiger partial charge in [-0.3, -0.25) is 19.3 Å². The minimum atomic E-state index is -0.372. The molecule has 2 aromatic carbocycles. The number of aryl methyl sites for hydroxylation is 2. The number of amides is 3. The van der Waals surface area contributed by atoms with Crippen molar-refractivity contribution in [2.45, 2.75) is 13.8 Å². The second kappa shape index (κ2) is 9.64. The highest BCUT2D eigenvalue weighted by molar-refractivity contribution is 8.18. The van der Waals surface area contributed by atoms with Gasteiger partial charge in [-0.05, 0) is 79.7 Å². The van der Waals surface area contributed by atoms with E-state index < -0.39 is 0 Å². The van der Waals surface area contributed by atoms with Crippen molar-refractivity contribution in [3.8, 4) is 5.69 Å². The minimum absolute atomic E-state index is 0.0954. The van der Waals surface area contributed by atoms with Gasteiger partial charge in [0.1, 0.15) is 0 Å². The SMILES string of the molecule is Cc1cc(C)n(-c2ccc(C(=O)NCCN3C(=O)S/C(=C\c4ccc(Cl)cc4)C3=O)cc2)n1. The molecule has 0 saturated carbocycles. The molecule has 7 nitrogen and oxygen atoms in total. The molecule has 1 saturated heterocycles. The van der Waals surface area contributed by atoms with E-state index in [0.717, 1.165) is 39.3 Å². The van der Waals surface area contributed by atoms with Crippen LogP contribution in [0.4, 0.5) is 4.79 Å². The standard InChI is InChI=1S/C24H21ClN4O3S/c1-15-13-16(2)29(27-15)20-9-5-18(6-10-20)22(30)26-11-12-28-23(31)21(33-24(28)32)14-17-3-7-19(25)8-4-17/h3-10,13-14H,11-12H2,1-2H3,(H,26,30)/b21-14-. The van der Waals surface area contributed by atoms with Crippen molar-refractivity contribution >= 4 is 46.5 Å². The van der Waals surface area contributed by atoms with Gasteiger partial charge in [0, 0.05) is 29.4 Å². The molecule has 33 heavy (non-hydrogen) atoms. The number of halogens is 1. The summed E-state index contributed by atoms with van der Waals surface area (Å²) >= 11 is 6.76. The molecule has 0 unspecified atom stereocenters. The molecule has 9 heteroatoms. The summed E-state index contributed by atoms with van der Waals surface area (Å²) < 4.78 is 1.81. The fraction of sp³-hybridized carbons (Fsp3) is 0.167. The van der Waals surface area contributed by atoms with Gasteiger partial charge in [-0.2, -0.15) is 5.10 Å². The number of thioether (sulfide) groups is 1. The Morgan fingerprint density at radius 3 is 2.42 bits per heavy atom. The van der Waals surface area contributed by atoms with Gasteiger partial charge in [-0.15, -0.1) is 0 Å². The van der Waals surface area contributed by atoms with Crippen molar-refractivity contribution in [2.75, 3.05) is 13.1 Å². The van der Waals surface area contributed by atoms with Crippen LogP contribution in [0.3, 0.4) is 0 Å². The number of benzene rings is 2. The molecule has 3 amide bonds. The second-order valence-corrected chi connectivity index (χ2v) is 8.96. The van der Waals surface area contributed by atoms with Gasteiger partial charge in [0.25, 0.3) is 17.1 Å². The highest BCUT2D eigenvalue weighted by Gasteiger charge is 2.34. The third-order valence-corrected chi connectivity index (χ3v) is 6.21. The van der Waals surface area contributed by atoms with Crippen LogP contribution in [-0.2, 0) is 4.79 Å². The number of imide groups is 1. The fourth-order valence-corrected chi connectivity index (χ4v) is 4.42. The summed E-state index contributed by atoms with van der Waals surface area (Å²) in [5, 5.41) is 7.43. The van der Waals surface area contributed by atoms with Gasteiger partial charge < -0.3 is 5.32 Å². The molecular weight excluding hydrogens is 460 g/mol. The number of hydrogen-bond donors (Lipinski definition) is 1. The zero-order chi connectivity index (χ0) is 23.5. The molecule has 1 aromatic heterocycles. The van der Waals surface area contributed by atoms with E-state index in [1.807, 2.05) is 36.7 Å². The minimum Gasteiger partial charge on any atom is -0.350 e. The molecule has 1 N–H and O–H groups in total. The van der Waals surface area contributed by atoms with Gasteiger partial charge >= 0.3 is 0 Å². The summed E-state index contributed by atoms with van der Waals surface area (Å²) in [7, 11) is 0. The van der Waals surface area contributed by atoms with Crippen LogP contribution in [0.1, 0.15) is 27.3 Å². The van der Waals surface area contributed by atoms with E-state index in [1.54, 1.807) is 42.5 Å². The second-order valence-electron chi connectivity index (χ2n) is 7.53. The summed E-state index contributed by atoms with van der Waals surface area (Å²) in [5.74, 6) is -0.651. The molecule has 168 valence electrons. The van der Waals surface area contributed by atoms with Gasteiger partial charge in [0.2, 0.25) is 0 Å². The first kappa shape index (κ1) is 22.8. The molecule has 4 rings (SSSR count). The average Bonchev–Trinajstić information content (AvgIpc) is 3.27. The first-order valence-corrected chi connectivity index (χ1v) is 11.4. The molecule has 3 aromatic rings. The van der Waals surface area contributed by atoms with E-state index in [9.17, 15) is 14.4 Å². The summed E-state index contributed by atoms with van der Waals surface area (Å²) in [6.45, 7) is 4.15. The van der Waals surface area contributed by atoms with E-state index in [-0.39, 0.29) is 30.1 Å². The molecule has 0 bridgehead atoms. The first-order chi connectivity index (χ1) is 15.8. The van der Waals surface area contributed by atoms with E-state index in [0.29, 0.717) is 15.5 Å². The van der Waals surface area contributed by atoms with Gasteiger partial charge in [0.15, 0.2) is 0 Å². The highest BCUT2D eigenvalue weighted by atomic mass is 35.5. The molecule has 0 aliphatic carbocycles. The van der Waals surface area contributed by atoms with Crippen LogP contribution in [0.2, 0.25) is 5.02 Å². The number of carbonyl (C=O) groups is 3. The van der Waals surface area contributed by atoms with Crippen LogP contribution in [-0.4, -0.2) is 44.8 Å². The number of nitrogens with zero attached hydrogens (tertiary/aromatic N) is 3. The summed E-state index contributed by atoms with van der Waals surface area (Å²) in [5.41, 5.74) is 4.05. The number of hydrogen-bond acceptors (Lipinski definition) is 5. The normalized spacial score (nSPS) is 14.9. The van der Waals surface area contributed by atoms with Gasteiger partial charge in [0.05, 0.1) is 16.3 Å². The van der Waals surface area contributed by atoms with Crippen LogP contribution in [0.25, 0.3) is 11.8 Å². The number of rotatable bonds is 6. The van der Waals surface area contributed by atoms with Crippen LogP contribution in [0.5, 0.6) is 0 Å². The monoisotopic (exact) mass is 480 g/mol. The Bertz CT molecular complexity index is 1250. The maximum absolute atomic E-state index is 12.6. The van der Waals surface area contributed by atoms with Crippen LogP contribution in [0.15, 0.2) is 59.5 Å². The topological polar surface area (TPSA) is 84.3 Å². The van der Waals surface area contributed by atoms with Crippen molar-refractivity contribution < 1.29 is 14.4 Å². The highest BCUT2D eigenvalue weighted by Crippen LogP contribution is 2.32. The van der Waals surface area contributed by atoms with Crippen LogP contribution >= 0.6 is 23.4 Å². The van der Waals surface area contributed by atoms with Crippen molar-refractivity contribution in [2.24, 2.45) is 0 Å². The van der Waals surface area contributed by atoms with Crippen molar-refractivity contribution in [3.63, 3.8) is 0 Å². The molecule has 1 aliphatic rings. The zero-order valence-corrected chi connectivity index (χ0v) is 19.6. The Balaban J connectivity index is 1.33. The molecule has 2 heterocycles. The average molecular weight is 481 g/mol. The Morgan fingerprint density at radius 2 is 1.79 bits per heavy atom. The van der Waals surface area contributed by atoms with Crippen molar-refractivity contribution in [1.29, 1.82) is 0 Å². The Hall–Kier alpha value is -3.36. The lowest BCUT2D eigenvalue weighted by Gasteiger charge is -2.13. The third kappa shape index (κ3) is 5.18. The first-order valence-electron chi connectivity index (χ1n) is 10.2. The van der Waals surface area contributed by atoms with E-state index in [1.165, 1.54) is 0 Å². The Kier molecular flexibility index (Phi) is 6.67. The Labute approximate surface area is 200 Å².